The maximum atomic E-state index is 13.1. The monoisotopic (exact) mass is 415 g/mol. The maximum absolute atomic E-state index is 13.1. The molecule has 0 fully saturated rings. The first-order valence-corrected chi connectivity index (χ1v) is 10.2. The van der Waals surface area contributed by atoms with Gasteiger partial charge in [0.25, 0.3) is 5.56 Å². The number of carbonyl (C=O) groups excluding carboxylic acids is 1. The first-order chi connectivity index (χ1) is 15.0. The van der Waals surface area contributed by atoms with Crippen molar-refractivity contribution in [1.82, 2.24) is 14.9 Å². The predicted molar refractivity (Wildman–Crippen MR) is 121 cm³/mol. The van der Waals surface area contributed by atoms with E-state index < -0.39 is 5.92 Å². The quantitative estimate of drug-likeness (QED) is 0.451. The molecule has 2 aromatic carbocycles. The number of aromatic hydroxyl groups is 1. The van der Waals surface area contributed by atoms with Crippen molar-refractivity contribution >= 4 is 16.8 Å². The molecule has 0 saturated carbocycles. The summed E-state index contributed by atoms with van der Waals surface area (Å²) in [7, 11) is 1.68. The topological polar surface area (TPSA) is 87.1 Å². The highest BCUT2D eigenvalue weighted by Crippen LogP contribution is 2.38. The van der Waals surface area contributed by atoms with Crippen LogP contribution >= 0.6 is 0 Å². The lowest BCUT2D eigenvalue weighted by Gasteiger charge is -2.20. The number of pyridine rings is 1. The molecule has 0 saturated heterocycles. The van der Waals surface area contributed by atoms with Gasteiger partial charge in [0.15, 0.2) is 0 Å². The Morgan fingerprint density at radius 3 is 2.55 bits per heavy atom. The van der Waals surface area contributed by atoms with E-state index in [4.69, 9.17) is 0 Å². The van der Waals surface area contributed by atoms with Crippen LogP contribution < -0.4 is 10.9 Å². The van der Waals surface area contributed by atoms with E-state index in [9.17, 15) is 14.7 Å². The number of carbonyl (C=O) groups is 1. The number of amides is 1. The fraction of sp³-hybridized carbons (Fsp3) is 0.200. The minimum Gasteiger partial charge on any atom is -0.507 e. The second-order valence-electron chi connectivity index (χ2n) is 7.67. The highest BCUT2D eigenvalue weighted by atomic mass is 16.3. The van der Waals surface area contributed by atoms with Crippen LogP contribution in [0.1, 0.15) is 35.2 Å². The van der Waals surface area contributed by atoms with Gasteiger partial charge in [-0.05, 0) is 29.7 Å². The van der Waals surface area contributed by atoms with Crippen LogP contribution in [0.25, 0.3) is 10.9 Å². The number of rotatable bonds is 6. The summed E-state index contributed by atoms with van der Waals surface area (Å²) in [4.78, 5) is 28.1. The number of fused-ring (bicyclic) bond motifs is 1. The van der Waals surface area contributed by atoms with E-state index in [1.165, 1.54) is 11.5 Å². The second kappa shape index (κ2) is 8.52. The molecule has 2 aromatic heterocycles. The summed E-state index contributed by atoms with van der Waals surface area (Å²) in [5.41, 5.74) is 3.78. The number of aromatic nitrogens is 2. The molecule has 0 bridgehead atoms. The normalized spacial score (nSPS) is 12.1. The lowest BCUT2D eigenvalue weighted by molar-refractivity contribution is -0.118. The van der Waals surface area contributed by atoms with Crippen molar-refractivity contribution in [3.05, 3.63) is 99.6 Å². The maximum Gasteiger partial charge on any atom is 0.258 e. The highest BCUT2D eigenvalue weighted by Gasteiger charge is 2.28. The van der Waals surface area contributed by atoms with Crippen LogP contribution in [0, 0.1) is 0 Å². The van der Waals surface area contributed by atoms with Crippen LogP contribution in [-0.4, -0.2) is 27.1 Å². The number of hydrogen-bond donors (Lipinski definition) is 3. The van der Waals surface area contributed by atoms with E-state index in [1.54, 1.807) is 19.3 Å². The molecule has 1 atom stereocenters. The second-order valence-corrected chi connectivity index (χ2v) is 7.67. The van der Waals surface area contributed by atoms with Crippen molar-refractivity contribution in [2.75, 3.05) is 6.54 Å². The number of aromatic amines is 1. The number of nitrogens with one attached hydrogen (secondary N) is 2. The Labute approximate surface area is 180 Å². The average Bonchev–Trinajstić information content (AvgIpc) is 3.12. The Hall–Kier alpha value is -3.80. The number of para-hydroxylation sites is 1. The minimum absolute atomic E-state index is 0.0385. The fourth-order valence-corrected chi connectivity index (χ4v) is 4.13. The number of aryl methyl sites for hydroxylation is 1. The Morgan fingerprint density at radius 1 is 1.10 bits per heavy atom. The van der Waals surface area contributed by atoms with Crippen molar-refractivity contribution in [3.8, 4) is 5.75 Å². The van der Waals surface area contributed by atoms with Crippen LogP contribution in [0.4, 0.5) is 0 Å². The molecule has 2 heterocycles. The molecule has 0 spiro atoms. The zero-order chi connectivity index (χ0) is 22.0. The SMILES string of the molecule is CC(=O)NCCc1c(C(c2ccccc2)c2c(O)ccn(C)c2=O)[nH]c2ccccc12. The molecular weight excluding hydrogens is 390 g/mol. The molecular formula is C25H25N3O3. The third kappa shape index (κ3) is 3.97. The van der Waals surface area contributed by atoms with Crippen LogP contribution in [0.15, 0.2) is 71.7 Å². The summed E-state index contributed by atoms with van der Waals surface area (Å²) < 4.78 is 1.48. The summed E-state index contributed by atoms with van der Waals surface area (Å²) >= 11 is 0. The van der Waals surface area contributed by atoms with Gasteiger partial charge in [-0.1, -0.05) is 48.5 Å². The Kier molecular flexibility index (Phi) is 5.62. The smallest absolute Gasteiger partial charge is 0.258 e. The molecule has 1 amide bonds. The van der Waals surface area contributed by atoms with Crippen LogP contribution in [-0.2, 0) is 18.3 Å². The zero-order valence-corrected chi connectivity index (χ0v) is 17.6. The highest BCUT2D eigenvalue weighted by molar-refractivity contribution is 5.85. The summed E-state index contributed by atoms with van der Waals surface area (Å²) in [6.45, 7) is 1.97. The van der Waals surface area contributed by atoms with Gasteiger partial charge in [0.2, 0.25) is 5.91 Å². The zero-order valence-electron chi connectivity index (χ0n) is 17.6. The Bertz CT molecular complexity index is 1290. The van der Waals surface area contributed by atoms with Gasteiger partial charge in [0, 0.05) is 43.3 Å². The number of nitrogens with zero attached hydrogens (tertiary/aromatic N) is 1. The third-order valence-corrected chi connectivity index (χ3v) is 5.59. The van der Waals surface area contributed by atoms with Crippen LogP contribution in [0.5, 0.6) is 5.75 Å². The van der Waals surface area contributed by atoms with Gasteiger partial charge in [0.1, 0.15) is 5.75 Å². The first-order valence-electron chi connectivity index (χ1n) is 10.2. The molecule has 0 aliphatic rings. The number of benzene rings is 2. The lowest BCUT2D eigenvalue weighted by atomic mass is 9.86. The summed E-state index contributed by atoms with van der Waals surface area (Å²) in [6.07, 6.45) is 2.16. The predicted octanol–water partition coefficient (Wildman–Crippen LogP) is 3.43. The molecule has 31 heavy (non-hydrogen) atoms. The van der Waals surface area contributed by atoms with E-state index in [-0.39, 0.29) is 17.2 Å². The van der Waals surface area contributed by atoms with Crippen molar-refractivity contribution in [1.29, 1.82) is 0 Å². The van der Waals surface area contributed by atoms with Gasteiger partial charge in [0.05, 0.1) is 11.5 Å². The number of H-pyrrole nitrogens is 1. The molecule has 6 nitrogen and oxygen atoms in total. The van der Waals surface area contributed by atoms with E-state index >= 15 is 0 Å². The fourth-order valence-electron chi connectivity index (χ4n) is 4.13. The molecule has 4 rings (SSSR count). The van der Waals surface area contributed by atoms with Gasteiger partial charge in [-0.25, -0.2) is 0 Å². The summed E-state index contributed by atoms with van der Waals surface area (Å²) in [6, 6.07) is 19.2. The Morgan fingerprint density at radius 2 is 1.81 bits per heavy atom. The van der Waals surface area contributed by atoms with Gasteiger partial charge >= 0.3 is 0 Å². The molecule has 0 radical (unpaired) electrons. The minimum atomic E-state index is -0.485. The van der Waals surface area contributed by atoms with Crippen molar-refractivity contribution in [3.63, 3.8) is 0 Å². The largest absolute Gasteiger partial charge is 0.507 e. The van der Waals surface area contributed by atoms with Crippen LogP contribution in [0.2, 0.25) is 0 Å². The third-order valence-electron chi connectivity index (χ3n) is 5.59. The van der Waals surface area contributed by atoms with Crippen LogP contribution in [0.3, 0.4) is 0 Å². The standard InChI is InChI=1S/C25H25N3O3/c1-16(29)26-14-12-19-18-10-6-7-11-20(18)27-24(19)22(17-8-4-3-5-9-17)23-21(30)13-15-28(2)25(23)31/h3-11,13,15,22,27,30H,12,14H2,1-2H3,(H,26,29). The van der Waals surface area contributed by atoms with E-state index in [1.807, 2.05) is 54.6 Å². The molecule has 0 aliphatic heterocycles. The molecule has 0 aliphatic carbocycles. The van der Waals surface area contributed by atoms with E-state index in [0.717, 1.165) is 27.7 Å². The summed E-state index contributed by atoms with van der Waals surface area (Å²) in [5.74, 6) is -0.611. The van der Waals surface area contributed by atoms with Crippen molar-refractivity contribution < 1.29 is 9.90 Å². The van der Waals surface area contributed by atoms with Gasteiger partial charge in [-0.3, -0.25) is 9.59 Å². The average molecular weight is 415 g/mol. The first kappa shape index (κ1) is 20.5. The molecule has 4 aromatic rings. The van der Waals surface area contributed by atoms with Crippen molar-refractivity contribution in [2.45, 2.75) is 19.3 Å². The van der Waals surface area contributed by atoms with Gasteiger partial charge in [-0.2, -0.15) is 0 Å². The summed E-state index contributed by atoms with van der Waals surface area (Å²) in [5, 5.41) is 14.6. The molecule has 6 heteroatoms. The lowest BCUT2D eigenvalue weighted by Crippen LogP contribution is -2.25. The van der Waals surface area contributed by atoms with Crippen molar-refractivity contribution in [2.24, 2.45) is 7.05 Å². The van der Waals surface area contributed by atoms with E-state index in [2.05, 4.69) is 10.3 Å². The number of hydrogen-bond acceptors (Lipinski definition) is 3. The van der Waals surface area contributed by atoms with E-state index in [0.29, 0.717) is 18.5 Å². The molecule has 3 N–H and O–H groups in total. The molecule has 158 valence electrons. The molecule has 1 unspecified atom stereocenters. The Balaban J connectivity index is 1.98. The van der Waals surface area contributed by atoms with Gasteiger partial charge in [-0.15, -0.1) is 0 Å². The van der Waals surface area contributed by atoms with Gasteiger partial charge < -0.3 is 20.0 Å².